The van der Waals surface area contributed by atoms with Crippen LogP contribution in [-0.4, -0.2) is 26.6 Å². The van der Waals surface area contributed by atoms with Crippen molar-refractivity contribution in [3.05, 3.63) is 0 Å². The fraction of sp³-hybridized carbons (Fsp3) is 0.818. The molecule has 0 unspecified atom stereocenters. The van der Waals surface area contributed by atoms with Crippen molar-refractivity contribution in [1.82, 2.24) is 0 Å². The first-order chi connectivity index (χ1) is 6.31. The van der Waals surface area contributed by atoms with Crippen LogP contribution in [-0.2, 0) is 4.43 Å². The second-order valence-electron chi connectivity index (χ2n) is 4.87. The maximum Gasteiger partial charge on any atom is 0.192 e. The number of aliphatic hydroxyl groups excluding tert-OH is 1. The monoisotopic (exact) mass is 214 g/mol. The van der Waals surface area contributed by atoms with Crippen molar-refractivity contribution < 1.29 is 9.53 Å². The van der Waals surface area contributed by atoms with E-state index in [4.69, 9.17) is 9.53 Å². The summed E-state index contributed by atoms with van der Waals surface area (Å²) in [7, 11) is -1.60. The van der Waals surface area contributed by atoms with E-state index in [1.54, 1.807) is 0 Å². The van der Waals surface area contributed by atoms with Crippen molar-refractivity contribution in [2.75, 3.05) is 13.2 Å². The van der Waals surface area contributed by atoms with E-state index in [9.17, 15) is 0 Å². The van der Waals surface area contributed by atoms with Gasteiger partial charge in [-0.2, -0.15) is 0 Å². The molecule has 0 rings (SSSR count). The molecule has 0 spiro atoms. The van der Waals surface area contributed by atoms with Crippen molar-refractivity contribution in [1.29, 1.82) is 0 Å². The Balaban J connectivity index is 3.89. The molecular formula is C11H22O2Si. The van der Waals surface area contributed by atoms with Gasteiger partial charge in [-0.15, -0.1) is 0 Å². The molecule has 0 saturated heterocycles. The van der Waals surface area contributed by atoms with Crippen molar-refractivity contribution in [3.63, 3.8) is 0 Å². The first-order valence-electron chi connectivity index (χ1n) is 5.02. The van der Waals surface area contributed by atoms with Gasteiger partial charge in [0.25, 0.3) is 0 Å². The maximum atomic E-state index is 8.45. The van der Waals surface area contributed by atoms with E-state index in [1.807, 2.05) is 0 Å². The first kappa shape index (κ1) is 13.7. The Hall–Kier alpha value is -0.303. The van der Waals surface area contributed by atoms with E-state index in [2.05, 4.69) is 45.7 Å². The highest BCUT2D eigenvalue weighted by Crippen LogP contribution is 2.36. The number of aliphatic hydroxyl groups is 1. The molecule has 0 aromatic heterocycles. The molecule has 0 aliphatic carbocycles. The van der Waals surface area contributed by atoms with Gasteiger partial charge in [0.2, 0.25) is 0 Å². The summed E-state index contributed by atoms with van der Waals surface area (Å²) in [6.07, 6.45) is 0.715. The Morgan fingerprint density at radius 3 is 2.21 bits per heavy atom. The van der Waals surface area contributed by atoms with Gasteiger partial charge in [0.05, 0.1) is 0 Å². The molecule has 3 heteroatoms. The molecule has 1 N–H and O–H groups in total. The van der Waals surface area contributed by atoms with E-state index in [-0.39, 0.29) is 11.6 Å². The second-order valence-corrected chi connectivity index (χ2v) is 9.68. The minimum absolute atomic E-state index is 0.0555. The lowest BCUT2D eigenvalue weighted by Crippen LogP contribution is -2.40. The van der Waals surface area contributed by atoms with Gasteiger partial charge in [-0.05, 0) is 18.1 Å². The number of hydrogen-bond acceptors (Lipinski definition) is 2. The summed E-state index contributed by atoms with van der Waals surface area (Å²) < 4.78 is 5.90. The molecule has 2 nitrogen and oxygen atoms in total. The highest BCUT2D eigenvalue weighted by Gasteiger charge is 2.36. The molecule has 0 aliphatic rings. The lowest BCUT2D eigenvalue weighted by Gasteiger charge is -2.35. The summed E-state index contributed by atoms with van der Waals surface area (Å²) in [5, 5.41) is 8.71. The van der Waals surface area contributed by atoms with E-state index in [1.165, 1.54) is 0 Å². The van der Waals surface area contributed by atoms with Crippen molar-refractivity contribution >= 4 is 8.32 Å². The van der Waals surface area contributed by atoms with E-state index >= 15 is 0 Å². The molecule has 0 radical (unpaired) electrons. The van der Waals surface area contributed by atoms with Gasteiger partial charge in [-0.1, -0.05) is 32.6 Å². The van der Waals surface area contributed by atoms with Gasteiger partial charge >= 0.3 is 0 Å². The normalized spacial score (nSPS) is 12.1. The average Bonchev–Trinajstić information content (AvgIpc) is 2.02. The van der Waals surface area contributed by atoms with Crippen molar-refractivity contribution in [2.45, 2.75) is 45.3 Å². The molecule has 14 heavy (non-hydrogen) atoms. The van der Waals surface area contributed by atoms with Crippen LogP contribution in [0.2, 0.25) is 18.1 Å². The molecular weight excluding hydrogens is 192 g/mol. The molecule has 0 aromatic carbocycles. The van der Waals surface area contributed by atoms with Crippen LogP contribution in [0.1, 0.15) is 27.2 Å². The van der Waals surface area contributed by atoms with Gasteiger partial charge in [-0.25, -0.2) is 0 Å². The number of rotatable bonds is 3. The van der Waals surface area contributed by atoms with Crippen molar-refractivity contribution in [2.24, 2.45) is 0 Å². The lowest BCUT2D eigenvalue weighted by molar-refractivity contribution is 0.296. The van der Waals surface area contributed by atoms with Gasteiger partial charge in [0.1, 0.15) is 6.61 Å². The summed E-state index contributed by atoms with van der Waals surface area (Å²) in [5.41, 5.74) is 0. The maximum absolute atomic E-state index is 8.45. The van der Waals surface area contributed by atoms with Crippen LogP contribution in [0.3, 0.4) is 0 Å². The quantitative estimate of drug-likeness (QED) is 0.444. The van der Waals surface area contributed by atoms with Gasteiger partial charge in [-0.3, -0.25) is 0 Å². The minimum atomic E-state index is -1.60. The van der Waals surface area contributed by atoms with Crippen molar-refractivity contribution in [3.8, 4) is 11.8 Å². The third kappa shape index (κ3) is 4.80. The molecule has 0 aromatic rings. The van der Waals surface area contributed by atoms with Crippen LogP contribution in [0.5, 0.6) is 0 Å². The average molecular weight is 214 g/mol. The molecule has 0 saturated carbocycles. The summed E-state index contributed by atoms with van der Waals surface area (Å²) in [5.74, 6) is 5.47. The zero-order valence-electron chi connectivity index (χ0n) is 9.98. The topological polar surface area (TPSA) is 29.5 Å². The highest BCUT2D eigenvalue weighted by molar-refractivity contribution is 6.74. The first-order valence-corrected chi connectivity index (χ1v) is 7.92. The fourth-order valence-corrected chi connectivity index (χ4v) is 1.76. The SMILES string of the molecule is CC(C)(C)[Si](C)(C)OCCC#CCO. The highest BCUT2D eigenvalue weighted by atomic mass is 28.4. The van der Waals surface area contributed by atoms with E-state index < -0.39 is 8.32 Å². The Kier molecular flexibility index (Phi) is 5.43. The Bertz CT molecular complexity index is 218. The molecule has 0 atom stereocenters. The van der Waals surface area contributed by atoms with Crippen LogP contribution in [0.15, 0.2) is 0 Å². The Morgan fingerprint density at radius 1 is 1.21 bits per heavy atom. The Morgan fingerprint density at radius 2 is 1.79 bits per heavy atom. The molecule has 0 bridgehead atoms. The van der Waals surface area contributed by atoms with Gasteiger partial charge < -0.3 is 9.53 Å². The minimum Gasteiger partial charge on any atom is -0.416 e. The third-order valence-corrected chi connectivity index (χ3v) is 7.24. The largest absolute Gasteiger partial charge is 0.416 e. The Labute approximate surface area is 88.8 Å². The molecule has 0 amide bonds. The van der Waals surface area contributed by atoms with E-state index in [0.717, 1.165) is 0 Å². The zero-order chi connectivity index (χ0) is 11.2. The summed E-state index contributed by atoms with van der Waals surface area (Å²) in [4.78, 5) is 0. The summed E-state index contributed by atoms with van der Waals surface area (Å²) in [6, 6.07) is 0. The smallest absolute Gasteiger partial charge is 0.192 e. The van der Waals surface area contributed by atoms with Gasteiger partial charge in [0.15, 0.2) is 8.32 Å². The van der Waals surface area contributed by atoms with Crippen LogP contribution in [0, 0.1) is 11.8 Å². The summed E-state index contributed by atoms with van der Waals surface area (Å²) in [6.45, 7) is 11.7. The van der Waals surface area contributed by atoms with Crippen LogP contribution < -0.4 is 0 Å². The fourth-order valence-electron chi connectivity index (χ4n) is 0.718. The molecule has 82 valence electrons. The van der Waals surface area contributed by atoms with Crippen LogP contribution in [0.25, 0.3) is 0 Å². The molecule has 0 fully saturated rings. The van der Waals surface area contributed by atoms with Crippen LogP contribution >= 0.6 is 0 Å². The standard InChI is InChI=1S/C11H22O2Si/c1-11(2,3)14(4,5)13-10-8-6-7-9-12/h12H,8-10H2,1-5H3. The van der Waals surface area contributed by atoms with Crippen LogP contribution in [0.4, 0.5) is 0 Å². The van der Waals surface area contributed by atoms with Gasteiger partial charge in [0, 0.05) is 13.0 Å². The van der Waals surface area contributed by atoms with E-state index in [0.29, 0.717) is 13.0 Å². The molecule has 0 heterocycles. The predicted molar refractivity (Wildman–Crippen MR) is 62.6 cm³/mol. The molecule has 0 aliphatic heterocycles. The second kappa shape index (κ2) is 5.55. The zero-order valence-corrected chi connectivity index (χ0v) is 11.0. The lowest BCUT2D eigenvalue weighted by atomic mass is 10.2. The third-order valence-electron chi connectivity index (χ3n) is 2.70. The summed E-state index contributed by atoms with van der Waals surface area (Å²) >= 11 is 0. The number of hydrogen-bond donors (Lipinski definition) is 1. The predicted octanol–water partition coefficient (Wildman–Crippen LogP) is 2.39.